The molecule has 21 heavy (non-hydrogen) atoms. The Balaban J connectivity index is 2.13. The minimum Gasteiger partial charge on any atom is -0.357 e. The molecular weight excluding hydrogens is 264 g/mol. The third kappa shape index (κ3) is 4.44. The number of nitrogens with zero attached hydrogens (tertiary/aromatic N) is 4. The highest BCUT2D eigenvalue weighted by molar-refractivity contribution is 5.43. The molecule has 1 aliphatic heterocycles. The summed E-state index contributed by atoms with van der Waals surface area (Å²) in [5.41, 5.74) is 0.234. The molecule has 1 fully saturated rings. The largest absolute Gasteiger partial charge is 0.357 e. The summed E-state index contributed by atoms with van der Waals surface area (Å²) in [6, 6.07) is 0. The Morgan fingerprint density at radius 3 is 2.33 bits per heavy atom. The SMILES string of the molecule is CCC(C)(C)CNc1nc(NC)nc(N2CCCCC2)n1. The lowest BCUT2D eigenvalue weighted by atomic mass is 9.90. The minimum atomic E-state index is 0.234. The standard InChI is InChI=1S/C15H28N6/c1-5-15(2,3)11-17-13-18-12(16-4)19-14(20-13)21-9-7-6-8-10-21/h5-11H2,1-4H3,(H2,16,17,18,19,20). The van der Waals surface area contributed by atoms with Crippen LogP contribution in [0.5, 0.6) is 0 Å². The van der Waals surface area contributed by atoms with Gasteiger partial charge in [-0.1, -0.05) is 20.8 Å². The highest BCUT2D eigenvalue weighted by Gasteiger charge is 2.18. The van der Waals surface area contributed by atoms with E-state index in [1.165, 1.54) is 19.3 Å². The van der Waals surface area contributed by atoms with Crippen molar-refractivity contribution >= 4 is 17.8 Å². The fraction of sp³-hybridized carbons (Fsp3) is 0.800. The van der Waals surface area contributed by atoms with Gasteiger partial charge in [-0.2, -0.15) is 15.0 Å². The Hall–Kier alpha value is -1.59. The van der Waals surface area contributed by atoms with E-state index in [4.69, 9.17) is 0 Å². The summed E-state index contributed by atoms with van der Waals surface area (Å²) in [6.07, 6.45) is 4.84. The van der Waals surface area contributed by atoms with Crippen molar-refractivity contribution in [1.29, 1.82) is 0 Å². The Morgan fingerprint density at radius 1 is 1.05 bits per heavy atom. The minimum absolute atomic E-state index is 0.234. The number of anilines is 3. The second-order valence-corrected chi connectivity index (χ2v) is 6.45. The Labute approximate surface area is 127 Å². The average Bonchev–Trinajstić information content (AvgIpc) is 2.53. The number of piperidine rings is 1. The monoisotopic (exact) mass is 292 g/mol. The van der Waals surface area contributed by atoms with E-state index in [1.807, 2.05) is 7.05 Å². The van der Waals surface area contributed by atoms with Gasteiger partial charge in [-0.25, -0.2) is 0 Å². The van der Waals surface area contributed by atoms with E-state index < -0.39 is 0 Å². The van der Waals surface area contributed by atoms with Crippen molar-refractivity contribution in [1.82, 2.24) is 15.0 Å². The zero-order chi connectivity index (χ0) is 15.3. The van der Waals surface area contributed by atoms with Crippen molar-refractivity contribution in [2.75, 3.05) is 42.2 Å². The van der Waals surface area contributed by atoms with Gasteiger partial charge in [0, 0.05) is 26.7 Å². The fourth-order valence-corrected chi connectivity index (χ4v) is 2.23. The van der Waals surface area contributed by atoms with Crippen molar-refractivity contribution in [3.63, 3.8) is 0 Å². The molecular formula is C15H28N6. The van der Waals surface area contributed by atoms with Crippen LogP contribution in [-0.2, 0) is 0 Å². The number of rotatable bonds is 6. The quantitative estimate of drug-likeness (QED) is 0.840. The fourth-order valence-electron chi connectivity index (χ4n) is 2.23. The summed E-state index contributed by atoms with van der Waals surface area (Å²) in [5, 5.41) is 6.39. The molecule has 6 heteroatoms. The maximum absolute atomic E-state index is 4.59. The van der Waals surface area contributed by atoms with Gasteiger partial charge in [0.05, 0.1) is 0 Å². The van der Waals surface area contributed by atoms with Gasteiger partial charge in [0.2, 0.25) is 17.8 Å². The molecule has 0 saturated carbocycles. The molecule has 118 valence electrons. The van der Waals surface area contributed by atoms with Gasteiger partial charge in [0.25, 0.3) is 0 Å². The average molecular weight is 292 g/mol. The van der Waals surface area contributed by atoms with Gasteiger partial charge in [0.1, 0.15) is 0 Å². The topological polar surface area (TPSA) is 66.0 Å². The second kappa shape index (κ2) is 6.91. The molecule has 0 spiro atoms. The molecule has 1 aliphatic rings. The smallest absolute Gasteiger partial charge is 0.231 e. The molecule has 2 N–H and O–H groups in total. The number of nitrogens with one attached hydrogen (secondary N) is 2. The van der Waals surface area contributed by atoms with Crippen LogP contribution < -0.4 is 15.5 Å². The van der Waals surface area contributed by atoms with Crippen molar-refractivity contribution in [2.45, 2.75) is 46.5 Å². The van der Waals surface area contributed by atoms with Crippen LogP contribution in [0, 0.1) is 5.41 Å². The molecule has 2 rings (SSSR count). The van der Waals surface area contributed by atoms with Crippen LogP contribution in [-0.4, -0.2) is 41.6 Å². The predicted molar refractivity (Wildman–Crippen MR) is 88.0 cm³/mol. The van der Waals surface area contributed by atoms with Crippen LogP contribution in [0.2, 0.25) is 0 Å². The maximum Gasteiger partial charge on any atom is 0.231 e. The molecule has 0 amide bonds. The summed E-state index contributed by atoms with van der Waals surface area (Å²) < 4.78 is 0. The molecule has 1 aromatic heterocycles. The Kier molecular flexibility index (Phi) is 5.20. The molecule has 0 aromatic carbocycles. The summed E-state index contributed by atoms with van der Waals surface area (Å²) in [4.78, 5) is 15.8. The van der Waals surface area contributed by atoms with Crippen molar-refractivity contribution in [3.8, 4) is 0 Å². The summed E-state index contributed by atoms with van der Waals surface area (Å²) in [5.74, 6) is 2.07. The number of hydrogen-bond donors (Lipinski definition) is 2. The number of hydrogen-bond acceptors (Lipinski definition) is 6. The van der Waals surface area contributed by atoms with Crippen LogP contribution in [0.4, 0.5) is 17.8 Å². The Bertz CT molecular complexity index is 453. The van der Waals surface area contributed by atoms with Crippen LogP contribution >= 0.6 is 0 Å². The van der Waals surface area contributed by atoms with Crippen molar-refractivity contribution in [3.05, 3.63) is 0 Å². The van der Waals surface area contributed by atoms with Gasteiger partial charge in [-0.05, 0) is 31.1 Å². The molecule has 1 saturated heterocycles. The van der Waals surface area contributed by atoms with Gasteiger partial charge < -0.3 is 15.5 Å². The normalized spacial score (nSPS) is 15.9. The molecule has 0 unspecified atom stereocenters. The highest BCUT2D eigenvalue weighted by atomic mass is 15.3. The van der Waals surface area contributed by atoms with Crippen molar-refractivity contribution < 1.29 is 0 Å². The first-order chi connectivity index (χ1) is 10.0. The lowest BCUT2D eigenvalue weighted by Gasteiger charge is -2.27. The van der Waals surface area contributed by atoms with Crippen LogP contribution in [0.15, 0.2) is 0 Å². The van der Waals surface area contributed by atoms with Gasteiger partial charge in [-0.3, -0.25) is 0 Å². The van der Waals surface area contributed by atoms with Gasteiger partial charge in [-0.15, -0.1) is 0 Å². The van der Waals surface area contributed by atoms with E-state index >= 15 is 0 Å². The lowest BCUT2D eigenvalue weighted by molar-refractivity contribution is 0.376. The van der Waals surface area contributed by atoms with E-state index in [1.54, 1.807) is 0 Å². The van der Waals surface area contributed by atoms with E-state index in [0.717, 1.165) is 32.0 Å². The zero-order valence-corrected chi connectivity index (χ0v) is 13.7. The lowest BCUT2D eigenvalue weighted by Crippen LogP contribution is -2.32. The first-order valence-electron chi connectivity index (χ1n) is 7.97. The Morgan fingerprint density at radius 2 is 1.71 bits per heavy atom. The van der Waals surface area contributed by atoms with Gasteiger partial charge >= 0.3 is 0 Å². The van der Waals surface area contributed by atoms with Crippen LogP contribution in [0.1, 0.15) is 46.5 Å². The highest BCUT2D eigenvalue weighted by Crippen LogP contribution is 2.21. The molecule has 2 heterocycles. The van der Waals surface area contributed by atoms with E-state index in [0.29, 0.717) is 11.9 Å². The third-order valence-electron chi connectivity index (χ3n) is 4.17. The first-order valence-corrected chi connectivity index (χ1v) is 7.97. The van der Waals surface area contributed by atoms with E-state index in [-0.39, 0.29) is 5.41 Å². The van der Waals surface area contributed by atoms with Crippen molar-refractivity contribution in [2.24, 2.45) is 5.41 Å². The number of aromatic nitrogens is 3. The first kappa shape index (κ1) is 15.8. The molecule has 0 bridgehead atoms. The zero-order valence-electron chi connectivity index (χ0n) is 13.7. The van der Waals surface area contributed by atoms with Crippen LogP contribution in [0.25, 0.3) is 0 Å². The summed E-state index contributed by atoms with van der Waals surface area (Å²) >= 11 is 0. The molecule has 0 atom stereocenters. The van der Waals surface area contributed by atoms with Gasteiger partial charge in [0.15, 0.2) is 0 Å². The molecule has 0 aliphatic carbocycles. The molecule has 1 aromatic rings. The van der Waals surface area contributed by atoms with E-state index in [2.05, 4.69) is 51.3 Å². The van der Waals surface area contributed by atoms with E-state index in [9.17, 15) is 0 Å². The maximum atomic E-state index is 4.59. The third-order valence-corrected chi connectivity index (χ3v) is 4.17. The second-order valence-electron chi connectivity index (χ2n) is 6.45. The molecule has 6 nitrogen and oxygen atoms in total. The van der Waals surface area contributed by atoms with Crippen LogP contribution in [0.3, 0.4) is 0 Å². The summed E-state index contributed by atoms with van der Waals surface area (Å²) in [6.45, 7) is 9.61. The predicted octanol–water partition coefficient (Wildman–Crippen LogP) is 2.75. The summed E-state index contributed by atoms with van der Waals surface area (Å²) in [7, 11) is 1.84. The molecule has 0 radical (unpaired) electrons.